The van der Waals surface area contributed by atoms with E-state index in [-0.39, 0.29) is 17.6 Å². The molecule has 0 amide bonds. The van der Waals surface area contributed by atoms with Gasteiger partial charge >= 0.3 is 0 Å². The van der Waals surface area contributed by atoms with Gasteiger partial charge in [-0.25, -0.2) is 9.37 Å². The third-order valence-electron chi connectivity index (χ3n) is 3.35. The maximum atomic E-state index is 14.2. The summed E-state index contributed by atoms with van der Waals surface area (Å²) in [6, 6.07) is 4.54. The predicted octanol–water partition coefficient (Wildman–Crippen LogP) is 3.91. The minimum atomic E-state index is -2.60. The highest BCUT2D eigenvalue weighted by Gasteiger charge is 2.17. The van der Waals surface area contributed by atoms with E-state index in [1.54, 1.807) is 13.0 Å². The second-order valence-corrected chi connectivity index (χ2v) is 5.00. The molecule has 1 aromatic heterocycles. The van der Waals surface area contributed by atoms with Crippen LogP contribution in [0.4, 0.5) is 10.1 Å². The summed E-state index contributed by atoms with van der Waals surface area (Å²) in [5.74, 6) is -0.353. The zero-order valence-corrected chi connectivity index (χ0v) is 11.7. The second-order valence-electron chi connectivity index (χ2n) is 5.00. The van der Waals surface area contributed by atoms with Gasteiger partial charge in [-0.2, -0.15) is 0 Å². The van der Waals surface area contributed by atoms with Crippen molar-refractivity contribution in [2.45, 2.75) is 26.7 Å². The summed E-state index contributed by atoms with van der Waals surface area (Å²) in [4.78, 5) is 3.87. The molecule has 0 radical (unpaired) electrons. The van der Waals surface area contributed by atoms with Crippen molar-refractivity contribution in [1.29, 1.82) is 0 Å². The highest BCUT2D eigenvalue weighted by molar-refractivity contribution is 5.82. The number of benzene rings is 1. The maximum absolute atomic E-state index is 14.2. The summed E-state index contributed by atoms with van der Waals surface area (Å²) in [5.41, 5.74) is 8.91. The van der Waals surface area contributed by atoms with E-state index in [1.165, 1.54) is 18.3 Å². The largest absolute Gasteiger partial charge is 0.481 e. The van der Waals surface area contributed by atoms with Crippen LogP contribution in [0.1, 0.15) is 35.0 Å². The van der Waals surface area contributed by atoms with Crippen LogP contribution in [0.2, 0.25) is 0 Å². The Balaban J connectivity index is 2.60. The lowest BCUT2D eigenvalue weighted by Crippen LogP contribution is -2.03. The van der Waals surface area contributed by atoms with Crippen molar-refractivity contribution in [1.82, 2.24) is 4.98 Å². The predicted molar refractivity (Wildman–Crippen MR) is 79.4 cm³/mol. The van der Waals surface area contributed by atoms with Gasteiger partial charge < -0.3 is 10.5 Å². The zero-order valence-electron chi connectivity index (χ0n) is 14.7. The number of anilines is 1. The highest BCUT2D eigenvalue weighted by Crippen LogP contribution is 2.37. The Morgan fingerprint density at radius 1 is 1.40 bits per heavy atom. The summed E-state index contributed by atoms with van der Waals surface area (Å²) in [6.45, 7) is 5.50. The van der Waals surface area contributed by atoms with Crippen LogP contribution in [0.5, 0.6) is 5.88 Å². The average Bonchev–Trinajstić information content (AvgIpc) is 2.41. The third-order valence-corrected chi connectivity index (χ3v) is 3.35. The van der Waals surface area contributed by atoms with Gasteiger partial charge in [0, 0.05) is 23.5 Å². The van der Waals surface area contributed by atoms with Crippen LogP contribution >= 0.6 is 0 Å². The minimum Gasteiger partial charge on any atom is -0.481 e. The van der Waals surface area contributed by atoms with Gasteiger partial charge in [-0.05, 0) is 41.7 Å². The minimum absolute atomic E-state index is 0.0586. The van der Waals surface area contributed by atoms with Gasteiger partial charge in [0.2, 0.25) is 5.88 Å². The Hall–Kier alpha value is -2.10. The fraction of sp³-hybridized carbons (Fsp3) is 0.312. The summed E-state index contributed by atoms with van der Waals surface area (Å²) in [6.07, 6.45) is 1.41. The molecule has 20 heavy (non-hydrogen) atoms. The van der Waals surface area contributed by atoms with Crippen LogP contribution in [-0.2, 0) is 0 Å². The second kappa shape index (κ2) is 5.49. The number of halogens is 1. The van der Waals surface area contributed by atoms with Crippen molar-refractivity contribution in [3.63, 3.8) is 0 Å². The van der Waals surface area contributed by atoms with E-state index in [1.807, 2.05) is 13.8 Å². The first kappa shape index (κ1) is 10.7. The van der Waals surface area contributed by atoms with Crippen molar-refractivity contribution in [2.24, 2.45) is 0 Å². The van der Waals surface area contributed by atoms with E-state index < -0.39 is 7.04 Å². The molecule has 0 atom stereocenters. The molecule has 2 rings (SSSR count). The van der Waals surface area contributed by atoms with E-state index in [0.717, 1.165) is 0 Å². The Kier molecular flexibility index (Phi) is 2.93. The van der Waals surface area contributed by atoms with Crippen molar-refractivity contribution in [3.8, 4) is 17.0 Å². The van der Waals surface area contributed by atoms with Crippen molar-refractivity contribution >= 4 is 5.69 Å². The molecule has 0 spiro atoms. The lowest BCUT2D eigenvalue weighted by Gasteiger charge is -2.17. The van der Waals surface area contributed by atoms with Gasteiger partial charge in [0.05, 0.1) is 11.2 Å². The molecule has 0 aliphatic rings. The molecular weight excluding hydrogens is 255 g/mol. The Bertz CT molecular complexity index is 730. The summed E-state index contributed by atoms with van der Waals surface area (Å²) in [7, 11) is -2.60. The standard InChI is InChI=1S/C16H19FN2O/c1-9(2)12-8-13(17)10(3)15(16(12)18)11-5-6-19-14(7-11)20-4/h5-9H,18H2,1-4H3/i4D3. The maximum Gasteiger partial charge on any atom is 0.213 e. The topological polar surface area (TPSA) is 48.1 Å². The molecule has 4 heteroatoms. The Labute approximate surface area is 122 Å². The normalized spacial score (nSPS) is 13.8. The van der Waals surface area contributed by atoms with Crippen molar-refractivity contribution < 1.29 is 13.2 Å². The van der Waals surface area contributed by atoms with Gasteiger partial charge in [-0.15, -0.1) is 0 Å². The molecule has 0 saturated carbocycles. The molecule has 0 aliphatic heterocycles. The number of hydrogen-bond acceptors (Lipinski definition) is 3. The van der Waals surface area contributed by atoms with Crippen molar-refractivity contribution in [3.05, 3.63) is 41.3 Å². The molecule has 1 heterocycles. The average molecular weight is 277 g/mol. The molecule has 0 unspecified atom stereocenters. The molecule has 2 aromatic rings. The Morgan fingerprint density at radius 3 is 2.80 bits per heavy atom. The third kappa shape index (κ3) is 2.46. The molecule has 3 nitrogen and oxygen atoms in total. The molecule has 2 N–H and O–H groups in total. The number of nitrogen functional groups attached to an aromatic ring is 1. The lowest BCUT2D eigenvalue weighted by molar-refractivity contribution is 0.398. The molecule has 1 aromatic carbocycles. The van der Waals surface area contributed by atoms with Crippen LogP contribution in [0.25, 0.3) is 11.1 Å². The van der Waals surface area contributed by atoms with Crippen LogP contribution in [-0.4, -0.2) is 12.0 Å². The summed E-state index contributed by atoms with van der Waals surface area (Å²) in [5, 5.41) is 0. The SMILES string of the molecule is [2H]C([2H])([2H])Oc1cc(-c2c(C)c(F)cc(C(C)C)c2N)ccn1. The lowest BCUT2D eigenvalue weighted by atomic mass is 9.91. The number of hydrogen-bond donors (Lipinski definition) is 1. The summed E-state index contributed by atoms with van der Waals surface area (Å²) >= 11 is 0. The van der Waals surface area contributed by atoms with Crippen molar-refractivity contribution in [2.75, 3.05) is 12.8 Å². The molecule has 0 saturated heterocycles. The van der Waals surface area contributed by atoms with E-state index >= 15 is 0 Å². The quantitative estimate of drug-likeness (QED) is 0.865. The smallest absolute Gasteiger partial charge is 0.213 e. The first-order valence-corrected chi connectivity index (χ1v) is 6.34. The fourth-order valence-electron chi connectivity index (χ4n) is 2.26. The first-order chi connectivity index (χ1) is 10.6. The van der Waals surface area contributed by atoms with Gasteiger partial charge in [-0.3, -0.25) is 0 Å². The van der Waals surface area contributed by atoms with Gasteiger partial charge in [-0.1, -0.05) is 13.8 Å². The number of rotatable bonds is 3. The first-order valence-electron chi connectivity index (χ1n) is 7.84. The monoisotopic (exact) mass is 277 g/mol. The van der Waals surface area contributed by atoms with E-state index in [4.69, 9.17) is 14.6 Å². The highest BCUT2D eigenvalue weighted by atomic mass is 19.1. The number of methoxy groups -OCH3 is 1. The van der Waals surface area contributed by atoms with Gasteiger partial charge in [0.15, 0.2) is 0 Å². The number of nitrogens with zero attached hydrogens (tertiary/aromatic N) is 1. The Morgan fingerprint density at radius 2 is 2.15 bits per heavy atom. The molecule has 0 aliphatic carbocycles. The molecule has 0 bridgehead atoms. The van der Waals surface area contributed by atoms with E-state index in [0.29, 0.717) is 27.9 Å². The van der Waals surface area contributed by atoms with E-state index in [2.05, 4.69) is 4.98 Å². The number of ether oxygens (including phenoxy) is 1. The molecule has 106 valence electrons. The van der Waals surface area contributed by atoms with Crippen LogP contribution in [0.15, 0.2) is 24.4 Å². The molecule has 0 fully saturated rings. The van der Waals surface area contributed by atoms with Crippen LogP contribution in [0.3, 0.4) is 0 Å². The van der Waals surface area contributed by atoms with Gasteiger partial charge in [0.1, 0.15) is 5.82 Å². The van der Waals surface area contributed by atoms with Crippen LogP contribution < -0.4 is 10.5 Å². The van der Waals surface area contributed by atoms with E-state index in [9.17, 15) is 4.39 Å². The summed E-state index contributed by atoms with van der Waals surface area (Å²) < 4.78 is 40.5. The zero-order chi connectivity index (χ0) is 17.4. The number of aromatic nitrogens is 1. The molecular formula is C16H19FN2O. The number of nitrogens with two attached hydrogens (primary N) is 1. The van der Waals surface area contributed by atoms with Gasteiger partial charge in [0.25, 0.3) is 0 Å². The fourth-order valence-corrected chi connectivity index (χ4v) is 2.26. The number of pyridine rings is 1. The van der Waals surface area contributed by atoms with Crippen LogP contribution in [0, 0.1) is 12.7 Å².